The minimum Gasteiger partial charge on any atom is -0.394 e. The first-order valence-electron chi connectivity index (χ1n) is 6.54. The zero-order chi connectivity index (χ0) is 15.3. The Morgan fingerprint density at radius 2 is 1.70 bits per heavy atom. The van der Waals surface area contributed by atoms with Crippen molar-refractivity contribution in [3.05, 3.63) is 35.4 Å². The molecule has 0 saturated heterocycles. The number of nitrogens with one attached hydrogen (secondary N) is 1. The molecule has 1 aromatic carbocycles. The molecule has 0 aliphatic carbocycles. The average Bonchev–Trinajstić information content (AvgIpc) is 2.36. The Bertz CT molecular complexity index is 475. The monoisotopic (exact) mass is 278 g/mol. The van der Waals surface area contributed by atoms with Gasteiger partial charge in [-0.05, 0) is 36.1 Å². The van der Waals surface area contributed by atoms with Crippen LogP contribution in [0.3, 0.4) is 0 Å². The fourth-order valence-corrected chi connectivity index (χ4v) is 1.96. The van der Waals surface area contributed by atoms with Gasteiger partial charge in [-0.2, -0.15) is 0 Å². The molecule has 5 nitrogen and oxygen atoms in total. The van der Waals surface area contributed by atoms with Crippen molar-refractivity contribution in [2.24, 2.45) is 11.1 Å². The van der Waals surface area contributed by atoms with E-state index in [0.717, 1.165) is 0 Å². The Morgan fingerprint density at radius 3 is 2.10 bits per heavy atom. The summed E-state index contributed by atoms with van der Waals surface area (Å²) in [5, 5.41) is 12.1. The van der Waals surface area contributed by atoms with E-state index in [9.17, 15) is 14.7 Å². The Hall–Kier alpha value is -1.88. The summed E-state index contributed by atoms with van der Waals surface area (Å²) in [5.74, 6) is -0.803. The number of nitrogens with two attached hydrogens (primary N) is 1. The van der Waals surface area contributed by atoms with Gasteiger partial charge in [-0.15, -0.1) is 0 Å². The summed E-state index contributed by atoms with van der Waals surface area (Å²) < 4.78 is 0. The molecule has 2 amide bonds. The number of amides is 2. The second-order valence-electron chi connectivity index (χ2n) is 6.06. The second-order valence-corrected chi connectivity index (χ2v) is 6.06. The van der Waals surface area contributed by atoms with Crippen LogP contribution in [-0.2, 0) is 0 Å². The fourth-order valence-electron chi connectivity index (χ4n) is 1.96. The number of rotatable bonds is 5. The van der Waals surface area contributed by atoms with Crippen molar-refractivity contribution >= 4 is 11.8 Å². The molecule has 20 heavy (non-hydrogen) atoms. The number of hydrogen-bond donors (Lipinski definition) is 3. The SMILES string of the molecule is CC(C)(C)CC(CO)NC(=O)c1ccc(C(N)=O)cc1. The van der Waals surface area contributed by atoms with Crippen LogP contribution < -0.4 is 11.1 Å². The quantitative estimate of drug-likeness (QED) is 0.758. The van der Waals surface area contributed by atoms with Gasteiger partial charge in [-0.25, -0.2) is 0 Å². The largest absolute Gasteiger partial charge is 0.394 e. The third-order valence-electron chi connectivity index (χ3n) is 2.85. The van der Waals surface area contributed by atoms with Crippen molar-refractivity contribution in [3.8, 4) is 0 Å². The Balaban J connectivity index is 2.72. The molecule has 0 saturated carbocycles. The lowest BCUT2D eigenvalue weighted by Crippen LogP contribution is -2.40. The predicted octanol–water partition coefficient (Wildman–Crippen LogP) is 1.31. The summed E-state index contributed by atoms with van der Waals surface area (Å²) in [7, 11) is 0. The summed E-state index contributed by atoms with van der Waals surface area (Å²) in [6.07, 6.45) is 0.675. The summed E-state index contributed by atoms with van der Waals surface area (Å²) in [5.41, 5.74) is 5.94. The molecule has 0 bridgehead atoms. The first kappa shape index (κ1) is 16.2. The highest BCUT2D eigenvalue weighted by Crippen LogP contribution is 2.20. The lowest BCUT2D eigenvalue weighted by atomic mass is 9.88. The highest BCUT2D eigenvalue weighted by atomic mass is 16.3. The van der Waals surface area contributed by atoms with E-state index in [1.165, 1.54) is 12.1 Å². The Labute approximate surface area is 119 Å². The highest BCUT2D eigenvalue weighted by molar-refractivity contribution is 5.97. The van der Waals surface area contributed by atoms with Crippen molar-refractivity contribution in [2.75, 3.05) is 6.61 Å². The van der Waals surface area contributed by atoms with E-state index in [-0.39, 0.29) is 24.0 Å². The van der Waals surface area contributed by atoms with Crippen LogP contribution in [0.25, 0.3) is 0 Å². The van der Waals surface area contributed by atoms with E-state index in [0.29, 0.717) is 17.5 Å². The normalized spacial score (nSPS) is 12.8. The molecule has 0 fully saturated rings. The van der Waals surface area contributed by atoms with Crippen LogP contribution in [0.1, 0.15) is 47.9 Å². The standard InChI is InChI=1S/C15H22N2O3/c1-15(2,3)8-12(9-18)17-14(20)11-6-4-10(5-7-11)13(16)19/h4-7,12,18H,8-9H2,1-3H3,(H2,16,19)(H,17,20). The van der Waals surface area contributed by atoms with Gasteiger partial charge in [0.1, 0.15) is 0 Å². The number of carbonyl (C=O) groups excluding carboxylic acids is 2. The first-order chi connectivity index (χ1) is 9.23. The van der Waals surface area contributed by atoms with Gasteiger partial charge in [0.2, 0.25) is 5.91 Å². The van der Waals surface area contributed by atoms with Crippen LogP contribution in [-0.4, -0.2) is 29.6 Å². The molecule has 1 rings (SSSR count). The molecular formula is C15H22N2O3. The van der Waals surface area contributed by atoms with Crippen LogP contribution in [0.4, 0.5) is 0 Å². The third-order valence-corrected chi connectivity index (χ3v) is 2.85. The number of carbonyl (C=O) groups is 2. The van der Waals surface area contributed by atoms with Gasteiger partial charge in [0.05, 0.1) is 12.6 Å². The lowest BCUT2D eigenvalue weighted by molar-refractivity contribution is 0.0896. The first-order valence-corrected chi connectivity index (χ1v) is 6.54. The van der Waals surface area contributed by atoms with Crippen molar-refractivity contribution in [1.82, 2.24) is 5.32 Å². The summed E-state index contributed by atoms with van der Waals surface area (Å²) in [6.45, 7) is 6.03. The van der Waals surface area contributed by atoms with Gasteiger partial charge in [0.25, 0.3) is 5.91 Å². The van der Waals surface area contributed by atoms with Crippen molar-refractivity contribution in [3.63, 3.8) is 0 Å². The molecule has 0 radical (unpaired) electrons. The van der Waals surface area contributed by atoms with Crippen LogP contribution in [0.15, 0.2) is 24.3 Å². The second kappa shape index (κ2) is 6.52. The van der Waals surface area contributed by atoms with Crippen LogP contribution in [0.2, 0.25) is 0 Å². The van der Waals surface area contributed by atoms with E-state index in [1.54, 1.807) is 12.1 Å². The van der Waals surface area contributed by atoms with Gasteiger partial charge in [-0.1, -0.05) is 20.8 Å². The number of primary amides is 1. The molecule has 0 aliphatic rings. The summed E-state index contributed by atoms with van der Waals surface area (Å²) in [6, 6.07) is 5.81. The van der Waals surface area contributed by atoms with E-state index in [1.807, 2.05) is 20.8 Å². The maximum atomic E-state index is 12.0. The van der Waals surface area contributed by atoms with Gasteiger partial charge in [0, 0.05) is 11.1 Å². The highest BCUT2D eigenvalue weighted by Gasteiger charge is 2.20. The molecule has 0 spiro atoms. The molecule has 0 heterocycles. The zero-order valence-corrected chi connectivity index (χ0v) is 12.1. The zero-order valence-electron chi connectivity index (χ0n) is 12.1. The smallest absolute Gasteiger partial charge is 0.251 e. The lowest BCUT2D eigenvalue weighted by Gasteiger charge is -2.25. The molecule has 0 aliphatic heterocycles. The number of aliphatic hydroxyl groups is 1. The summed E-state index contributed by atoms with van der Waals surface area (Å²) >= 11 is 0. The van der Waals surface area contributed by atoms with E-state index in [4.69, 9.17) is 5.73 Å². The molecule has 5 heteroatoms. The topological polar surface area (TPSA) is 92.4 Å². The molecule has 1 atom stereocenters. The number of aliphatic hydroxyl groups excluding tert-OH is 1. The summed E-state index contributed by atoms with van der Waals surface area (Å²) in [4.78, 5) is 23.0. The van der Waals surface area contributed by atoms with Crippen molar-refractivity contribution in [1.29, 1.82) is 0 Å². The Kier molecular flexibility index (Phi) is 5.27. The van der Waals surface area contributed by atoms with Crippen LogP contribution >= 0.6 is 0 Å². The third kappa shape index (κ3) is 5.01. The van der Waals surface area contributed by atoms with Crippen LogP contribution in [0, 0.1) is 5.41 Å². The maximum absolute atomic E-state index is 12.0. The van der Waals surface area contributed by atoms with E-state index in [2.05, 4.69) is 5.32 Å². The van der Waals surface area contributed by atoms with Crippen molar-refractivity contribution in [2.45, 2.75) is 33.2 Å². The average molecular weight is 278 g/mol. The number of benzene rings is 1. The van der Waals surface area contributed by atoms with Crippen molar-refractivity contribution < 1.29 is 14.7 Å². The number of hydrogen-bond acceptors (Lipinski definition) is 3. The minimum atomic E-state index is -0.530. The molecule has 1 aromatic rings. The van der Waals surface area contributed by atoms with E-state index < -0.39 is 5.91 Å². The van der Waals surface area contributed by atoms with Gasteiger partial charge in [0.15, 0.2) is 0 Å². The maximum Gasteiger partial charge on any atom is 0.251 e. The molecular weight excluding hydrogens is 256 g/mol. The fraction of sp³-hybridized carbons (Fsp3) is 0.467. The minimum absolute atomic E-state index is 0.0104. The van der Waals surface area contributed by atoms with Crippen LogP contribution in [0.5, 0.6) is 0 Å². The Morgan fingerprint density at radius 1 is 1.20 bits per heavy atom. The molecule has 1 unspecified atom stereocenters. The molecule has 110 valence electrons. The van der Waals surface area contributed by atoms with Gasteiger partial charge < -0.3 is 16.2 Å². The van der Waals surface area contributed by atoms with E-state index >= 15 is 0 Å². The van der Waals surface area contributed by atoms with Gasteiger partial charge >= 0.3 is 0 Å². The van der Waals surface area contributed by atoms with Gasteiger partial charge in [-0.3, -0.25) is 9.59 Å². The molecule has 0 aromatic heterocycles. The molecule has 4 N–H and O–H groups in total. The predicted molar refractivity (Wildman–Crippen MR) is 77.4 cm³/mol.